The Kier molecular flexibility index (Phi) is 11.7. The van der Waals surface area contributed by atoms with Crippen LogP contribution in [0.1, 0.15) is 73.9 Å². The second kappa shape index (κ2) is 15.8. The quantitative estimate of drug-likeness (QED) is 0.0856. The average Bonchev–Trinajstić information content (AvgIpc) is 3.48. The summed E-state index contributed by atoms with van der Waals surface area (Å²) >= 11 is 0. The maximum atomic E-state index is 13.2. The van der Waals surface area contributed by atoms with Gasteiger partial charge in [-0.25, -0.2) is 4.39 Å². The summed E-state index contributed by atoms with van der Waals surface area (Å²) in [6, 6.07) is 24.3. The van der Waals surface area contributed by atoms with Gasteiger partial charge in [-0.05, 0) is 84.7 Å². The predicted octanol–water partition coefficient (Wildman–Crippen LogP) is 7.79. The number of oxime groups is 1. The fourth-order valence-corrected chi connectivity index (χ4v) is 4.98. The van der Waals surface area contributed by atoms with Gasteiger partial charge in [0.1, 0.15) is 29.8 Å². The maximum absolute atomic E-state index is 13.2. The zero-order valence-corrected chi connectivity index (χ0v) is 26.2. The summed E-state index contributed by atoms with van der Waals surface area (Å²) in [6.45, 7) is 8.47. The number of hydrogen-bond donors (Lipinski definition) is 1. The SMILES string of the molecule is CCCc1cc(C(Oc2ccc(CC(C(=O)OC)C(C)=NOCc3ccc(F)cc3)cc2)c2ccc(CC(C)C)cc2)n[nH]1. The Morgan fingerprint density at radius 3 is 2.20 bits per heavy atom. The Bertz CT molecular complexity index is 1500. The molecule has 1 aromatic heterocycles. The first kappa shape index (κ1) is 32.5. The highest BCUT2D eigenvalue weighted by atomic mass is 19.1. The van der Waals surface area contributed by atoms with Crippen LogP contribution in [0.3, 0.4) is 0 Å². The van der Waals surface area contributed by atoms with Gasteiger partial charge in [0.2, 0.25) is 0 Å². The molecule has 4 rings (SSSR count). The summed E-state index contributed by atoms with van der Waals surface area (Å²) in [5, 5.41) is 11.9. The monoisotopic (exact) mass is 599 g/mol. The maximum Gasteiger partial charge on any atom is 0.314 e. The van der Waals surface area contributed by atoms with Crippen LogP contribution in [0, 0.1) is 17.7 Å². The van der Waals surface area contributed by atoms with Crippen molar-refractivity contribution in [3.8, 4) is 5.75 Å². The van der Waals surface area contributed by atoms with Crippen molar-refractivity contribution in [1.29, 1.82) is 0 Å². The normalized spacial score (nSPS) is 13.0. The smallest absolute Gasteiger partial charge is 0.314 e. The molecule has 2 atom stereocenters. The molecular weight excluding hydrogens is 557 g/mol. The van der Waals surface area contributed by atoms with E-state index >= 15 is 0 Å². The molecule has 7 nitrogen and oxygen atoms in total. The first-order chi connectivity index (χ1) is 21.2. The van der Waals surface area contributed by atoms with E-state index in [1.807, 2.05) is 24.3 Å². The van der Waals surface area contributed by atoms with Gasteiger partial charge in [0.05, 0.1) is 12.8 Å². The van der Waals surface area contributed by atoms with Crippen LogP contribution in [0.15, 0.2) is 84.0 Å². The number of nitrogens with zero attached hydrogens (tertiary/aromatic N) is 2. The third-order valence-corrected chi connectivity index (χ3v) is 7.33. The molecular formula is C36H42FN3O4. The minimum absolute atomic E-state index is 0.162. The Balaban J connectivity index is 1.48. The number of nitrogens with one attached hydrogen (secondary N) is 1. The predicted molar refractivity (Wildman–Crippen MR) is 170 cm³/mol. The number of benzene rings is 3. The number of aryl methyl sites for hydroxylation is 1. The molecule has 44 heavy (non-hydrogen) atoms. The molecule has 3 aromatic carbocycles. The number of H-pyrrole nitrogens is 1. The topological polar surface area (TPSA) is 85.8 Å². The number of carbonyl (C=O) groups excluding carboxylic acids is 1. The number of esters is 1. The molecule has 0 radical (unpaired) electrons. The molecule has 0 bridgehead atoms. The van der Waals surface area contributed by atoms with Crippen molar-refractivity contribution in [1.82, 2.24) is 10.2 Å². The van der Waals surface area contributed by atoms with E-state index in [4.69, 9.17) is 14.3 Å². The summed E-state index contributed by atoms with van der Waals surface area (Å²) in [5.74, 6) is -0.0774. The van der Waals surface area contributed by atoms with Crippen LogP contribution in [0.4, 0.5) is 4.39 Å². The van der Waals surface area contributed by atoms with Crippen molar-refractivity contribution in [3.05, 3.63) is 118 Å². The molecule has 0 saturated carbocycles. The summed E-state index contributed by atoms with van der Waals surface area (Å²) in [4.78, 5) is 18.1. The lowest BCUT2D eigenvalue weighted by molar-refractivity contribution is -0.143. The summed E-state index contributed by atoms with van der Waals surface area (Å²) < 4.78 is 24.8. The molecule has 0 aliphatic carbocycles. The van der Waals surface area contributed by atoms with E-state index in [1.165, 1.54) is 24.8 Å². The van der Waals surface area contributed by atoms with E-state index in [1.54, 1.807) is 19.1 Å². The minimum Gasteiger partial charge on any atom is -0.479 e. The van der Waals surface area contributed by atoms with Crippen molar-refractivity contribution < 1.29 is 23.5 Å². The number of hydrogen-bond acceptors (Lipinski definition) is 6. The largest absolute Gasteiger partial charge is 0.479 e. The number of rotatable bonds is 15. The lowest BCUT2D eigenvalue weighted by Gasteiger charge is -2.19. The third kappa shape index (κ3) is 9.27. The molecule has 0 fully saturated rings. The third-order valence-electron chi connectivity index (χ3n) is 7.33. The van der Waals surface area contributed by atoms with E-state index in [0.29, 0.717) is 23.8 Å². The molecule has 0 aliphatic heterocycles. The van der Waals surface area contributed by atoms with Crippen LogP contribution >= 0.6 is 0 Å². The second-order valence-corrected chi connectivity index (χ2v) is 11.5. The molecule has 4 aromatic rings. The van der Waals surface area contributed by atoms with Gasteiger partial charge in [-0.2, -0.15) is 5.10 Å². The van der Waals surface area contributed by atoms with Gasteiger partial charge in [-0.15, -0.1) is 0 Å². The Morgan fingerprint density at radius 1 is 0.932 bits per heavy atom. The Morgan fingerprint density at radius 2 is 1.57 bits per heavy atom. The molecule has 0 amide bonds. The number of halogens is 1. The van der Waals surface area contributed by atoms with Gasteiger partial charge in [-0.3, -0.25) is 9.89 Å². The standard InChI is InChI=1S/C36H42FN3O4/c1-6-7-31-22-34(39-38-31)35(29-14-8-26(9-15-29)20-24(2)3)44-32-18-12-27(13-19-32)21-33(36(41)42-5)25(4)40-43-23-28-10-16-30(37)17-11-28/h8-19,22,24,33,35H,6-7,20-21,23H2,1-5H3,(H,38,39). The molecule has 8 heteroatoms. The number of aromatic amines is 1. The fraction of sp³-hybridized carbons (Fsp3) is 0.361. The number of methoxy groups -OCH3 is 1. The van der Waals surface area contributed by atoms with Crippen LogP contribution in [-0.4, -0.2) is 29.0 Å². The van der Waals surface area contributed by atoms with E-state index in [2.05, 4.69) is 66.5 Å². The lowest BCUT2D eigenvalue weighted by atomic mass is 9.95. The Hall–Kier alpha value is -4.46. The van der Waals surface area contributed by atoms with E-state index in [0.717, 1.165) is 47.3 Å². The van der Waals surface area contributed by atoms with Gasteiger partial charge >= 0.3 is 5.97 Å². The number of carbonyl (C=O) groups is 1. The van der Waals surface area contributed by atoms with Crippen LogP contribution in [0.5, 0.6) is 5.75 Å². The first-order valence-corrected chi connectivity index (χ1v) is 15.1. The molecule has 232 valence electrons. The highest BCUT2D eigenvalue weighted by molar-refractivity contribution is 6.00. The van der Waals surface area contributed by atoms with Gasteiger partial charge in [0, 0.05) is 5.69 Å². The lowest BCUT2D eigenvalue weighted by Crippen LogP contribution is -2.26. The van der Waals surface area contributed by atoms with Crippen LogP contribution in [-0.2, 0) is 40.2 Å². The zero-order chi connectivity index (χ0) is 31.5. The number of ether oxygens (including phenoxy) is 2. The van der Waals surface area contributed by atoms with Crippen molar-refractivity contribution in [3.63, 3.8) is 0 Å². The average molecular weight is 600 g/mol. The summed E-state index contributed by atoms with van der Waals surface area (Å²) in [7, 11) is 1.36. The summed E-state index contributed by atoms with van der Waals surface area (Å²) in [5.41, 5.74) is 6.40. The van der Waals surface area contributed by atoms with Crippen LogP contribution < -0.4 is 4.74 Å². The van der Waals surface area contributed by atoms with E-state index < -0.39 is 11.9 Å². The fourth-order valence-electron chi connectivity index (χ4n) is 4.98. The highest BCUT2D eigenvalue weighted by Gasteiger charge is 2.24. The zero-order valence-electron chi connectivity index (χ0n) is 26.2. The Labute approximate surface area is 259 Å². The molecule has 0 spiro atoms. The van der Waals surface area contributed by atoms with Crippen molar-refractivity contribution >= 4 is 11.7 Å². The van der Waals surface area contributed by atoms with E-state index in [-0.39, 0.29) is 18.5 Å². The van der Waals surface area contributed by atoms with Crippen LogP contribution in [0.2, 0.25) is 0 Å². The van der Waals surface area contributed by atoms with Crippen molar-refractivity contribution in [2.75, 3.05) is 7.11 Å². The van der Waals surface area contributed by atoms with Gasteiger partial charge in [-0.1, -0.05) is 80.9 Å². The number of aromatic nitrogens is 2. The molecule has 2 unspecified atom stereocenters. The first-order valence-electron chi connectivity index (χ1n) is 15.1. The molecule has 1 N–H and O–H groups in total. The van der Waals surface area contributed by atoms with Crippen molar-refractivity contribution in [2.24, 2.45) is 17.0 Å². The van der Waals surface area contributed by atoms with E-state index in [9.17, 15) is 9.18 Å². The highest BCUT2D eigenvalue weighted by Crippen LogP contribution is 2.29. The van der Waals surface area contributed by atoms with Crippen molar-refractivity contribution in [2.45, 2.75) is 66.1 Å². The molecule has 0 aliphatic rings. The summed E-state index contributed by atoms with van der Waals surface area (Å²) in [6.07, 6.45) is 2.96. The van der Waals surface area contributed by atoms with Gasteiger partial charge in [0.25, 0.3) is 0 Å². The molecule has 0 saturated heterocycles. The second-order valence-electron chi connectivity index (χ2n) is 11.5. The minimum atomic E-state index is -0.627. The van der Waals surface area contributed by atoms with Crippen LogP contribution in [0.25, 0.3) is 0 Å². The molecule has 1 heterocycles. The van der Waals surface area contributed by atoms with Gasteiger partial charge in [0.15, 0.2) is 6.10 Å². The van der Waals surface area contributed by atoms with Gasteiger partial charge < -0.3 is 14.3 Å².